The highest BCUT2D eigenvalue weighted by molar-refractivity contribution is 4.94. The van der Waals surface area contributed by atoms with Crippen molar-refractivity contribution < 1.29 is 9.84 Å². The second-order valence-electron chi connectivity index (χ2n) is 7.01. The van der Waals surface area contributed by atoms with Gasteiger partial charge in [0, 0.05) is 6.61 Å². The topological polar surface area (TPSA) is 29.5 Å². The van der Waals surface area contributed by atoms with E-state index in [9.17, 15) is 5.11 Å². The molecule has 0 bridgehead atoms. The molecule has 0 aromatic carbocycles. The zero-order valence-electron chi connectivity index (χ0n) is 12.3. The molecule has 1 heterocycles. The molecule has 0 radical (unpaired) electrons. The Balaban J connectivity index is 1.94. The van der Waals surface area contributed by atoms with Gasteiger partial charge in [-0.05, 0) is 56.3 Å². The van der Waals surface area contributed by atoms with Crippen molar-refractivity contribution in [2.75, 3.05) is 6.61 Å². The van der Waals surface area contributed by atoms with Crippen LogP contribution in [0.25, 0.3) is 0 Å². The van der Waals surface area contributed by atoms with E-state index < -0.39 is 5.60 Å². The molecule has 0 aromatic heterocycles. The van der Waals surface area contributed by atoms with Gasteiger partial charge in [0.15, 0.2) is 0 Å². The molecule has 2 nitrogen and oxygen atoms in total. The Labute approximate surface area is 112 Å². The number of aliphatic hydroxyl groups is 1. The van der Waals surface area contributed by atoms with Gasteiger partial charge in [-0.2, -0.15) is 0 Å². The highest BCUT2D eigenvalue weighted by Gasteiger charge is 2.42. The van der Waals surface area contributed by atoms with Crippen LogP contribution >= 0.6 is 0 Å². The molecule has 2 rings (SSSR count). The lowest BCUT2D eigenvalue weighted by molar-refractivity contribution is -0.0926. The van der Waals surface area contributed by atoms with Gasteiger partial charge in [0.25, 0.3) is 0 Å². The maximum absolute atomic E-state index is 11.1. The third-order valence-corrected chi connectivity index (χ3v) is 5.09. The van der Waals surface area contributed by atoms with E-state index in [1.165, 1.54) is 25.7 Å². The maximum atomic E-state index is 11.1. The summed E-state index contributed by atoms with van der Waals surface area (Å²) in [6.45, 7) is 7.73. The molecule has 106 valence electrons. The average Bonchev–Trinajstić information content (AvgIpc) is 2.78. The summed E-state index contributed by atoms with van der Waals surface area (Å²) in [6, 6.07) is 0. The van der Waals surface area contributed by atoms with Crippen LogP contribution in [0.5, 0.6) is 0 Å². The minimum atomic E-state index is -0.433. The SMILES string of the molecule is CC1CCC(C(C)C)C(O)(CCC2CCCO2)C1. The summed E-state index contributed by atoms with van der Waals surface area (Å²) in [4.78, 5) is 0. The molecule has 1 aliphatic heterocycles. The normalized spacial score (nSPS) is 41.5. The third-order valence-electron chi connectivity index (χ3n) is 5.09. The van der Waals surface area contributed by atoms with Gasteiger partial charge >= 0.3 is 0 Å². The lowest BCUT2D eigenvalue weighted by Gasteiger charge is -2.45. The first-order chi connectivity index (χ1) is 8.51. The van der Waals surface area contributed by atoms with Gasteiger partial charge in [-0.15, -0.1) is 0 Å². The fourth-order valence-corrected chi connectivity index (χ4v) is 4.11. The van der Waals surface area contributed by atoms with E-state index in [4.69, 9.17) is 4.74 Å². The van der Waals surface area contributed by atoms with Crippen LogP contribution in [-0.2, 0) is 4.74 Å². The van der Waals surface area contributed by atoms with Crippen molar-refractivity contribution in [3.8, 4) is 0 Å². The first-order valence-electron chi connectivity index (χ1n) is 7.85. The Hall–Kier alpha value is -0.0800. The summed E-state index contributed by atoms with van der Waals surface area (Å²) in [5.41, 5.74) is -0.433. The van der Waals surface area contributed by atoms with Crippen LogP contribution in [0.2, 0.25) is 0 Å². The molecule has 0 amide bonds. The molecule has 1 aliphatic carbocycles. The lowest BCUT2D eigenvalue weighted by atomic mass is 9.65. The van der Waals surface area contributed by atoms with Crippen molar-refractivity contribution in [2.45, 2.75) is 77.4 Å². The minimum absolute atomic E-state index is 0.416. The number of ether oxygens (including phenoxy) is 1. The fourth-order valence-electron chi connectivity index (χ4n) is 4.11. The zero-order chi connectivity index (χ0) is 13.2. The van der Waals surface area contributed by atoms with Crippen molar-refractivity contribution in [1.82, 2.24) is 0 Å². The van der Waals surface area contributed by atoms with E-state index >= 15 is 0 Å². The summed E-state index contributed by atoms with van der Waals surface area (Å²) < 4.78 is 5.70. The molecule has 2 aliphatic rings. The number of hydrogen-bond acceptors (Lipinski definition) is 2. The van der Waals surface area contributed by atoms with Crippen molar-refractivity contribution in [2.24, 2.45) is 17.8 Å². The van der Waals surface area contributed by atoms with Gasteiger partial charge in [-0.1, -0.05) is 27.2 Å². The van der Waals surface area contributed by atoms with Crippen LogP contribution in [-0.4, -0.2) is 23.4 Å². The molecule has 4 unspecified atom stereocenters. The third kappa shape index (κ3) is 3.27. The summed E-state index contributed by atoms with van der Waals surface area (Å²) in [6.07, 6.45) is 8.26. The van der Waals surface area contributed by atoms with Gasteiger partial charge in [0.05, 0.1) is 11.7 Å². The van der Waals surface area contributed by atoms with Crippen LogP contribution in [0, 0.1) is 17.8 Å². The highest BCUT2D eigenvalue weighted by Crippen LogP contribution is 2.44. The van der Waals surface area contributed by atoms with Gasteiger partial charge in [0.2, 0.25) is 0 Å². The lowest BCUT2D eigenvalue weighted by Crippen LogP contribution is -2.45. The predicted molar refractivity (Wildman–Crippen MR) is 74.5 cm³/mol. The Morgan fingerprint density at radius 1 is 1.28 bits per heavy atom. The summed E-state index contributed by atoms with van der Waals surface area (Å²) >= 11 is 0. The molecule has 18 heavy (non-hydrogen) atoms. The molecular weight excluding hydrogens is 224 g/mol. The Morgan fingerprint density at radius 2 is 2.06 bits per heavy atom. The van der Waals surface area contributed by atoms with Crippen LogP contribution < -0.4 is 0 Å². The Kier molecular flexibility index (Phi) is 4.71. The quantitative estimate of drug-likeness (QED) is 0.827. The van der Waals surface area contributed by atoms with Gasteiger partial charge in [-0.3, -0.25) is 0 Å². The molecule has 0 spiro atoms. The van der Waals surface area contributed by atoms with Crippen LogP contribution in [0.4, 0.5) is 0 Å². The highest BCUT2D eigenvalue weighted by atomic mass is 16.5. The molecule has 0 aromatic rings. The van der Waals surface area contributed by atoms with Crippen molar-refractivity contribution in [1.29, 1.82) is 0 Å². The first kappa shape index (κ1) is 14.3. The van der Waals surface area contributed by atoms with Crippen LogP contribution in [0.15, 0.2) is 0 Å². The largest absolute Gasteiger partial charge is 0.390 e. The Bertz CT molecular complexity index is 258. The fraction of sp³-hybridized carbons (Fsp3) is 1.00. The molecule has 1 saturated heterocycles. The second-order valence-corrected chi connectivity index (χ2v) is 7.01. The molecule has 2 heteroatoms. The van der Waals surface area contributed by atoms with E-state index in [2.05, 4.69) is 20.8 Å². The minimum Gasteiger partial charge on any atom is -0.390 e. The molecular formula is C16H30O2. The van der Waals surface area contributed by atoms with Gasteiger partial charge in [-0.25, -0.2) is 0 Å². The standard InChI is InChI=1S/C16H30O2/c1-12(2)15-7-6-13(3)11-16(15,17)9-8-14-5-4-10-18-14/h12-15,17H,4-11H2,1-3H3. The predicted octanol–water partition coefficient (Wildman–Crippen LogP) is 3.77. The van der Waals surface area contributed by atoms with Crippen LogP contribution in [0.3, 0.4) is 0 Å². The average molecular weight is 254 g/mol. The number of rotatable bonds is 4. The van der Waals surface area contributed by atoms with Gasteiger partial charge < -0.3 is 9.84 Å². The van der Waals surface area contributed by atoms with E-state index in [-0.39, 0.29) is 0 Å². The van der Waals surface area contributed by atoms with Crippen molar-refractivity contribution in [3.05, 3.63) is 0 Å². The smallest absolute Gasteiger partial charge is 0.0681 e. The van der Waals surface area contributed by atoms with Crippen LogP contribution in [0.1, 0.15) is 65.7 Å². The van der Waals surface area contributed by atoms with E-state index in [0.717, 1.165) is 25.9 Å². The first-order valence-corrected chi connectivity index (χ1v) is 7.85. The van der Waals surface area contributed by atoms with E-state index in [1.54, 1.807) is 0 Å². The van der Waals surface area contributed by atoms with Gasteiger partial charge in [0.1, 0.15) is 0 Å². The molecule has 2 fully saturated rings. The monoisotopic (exact) mass is 254 g/mol. The number of hydrogen-bond donors (Lipinski definition) is 1. The maximum Gasteiger partial charge on any atom is 0.0681 e. The van der Waals surface area contributed by atoms with Crippen molar-refractivity contribution in [3.63, 3.8) is 0 Å². The summed E-state index contributed by atoms with van der Waals surface area (Å²) in [5.74, 6) is 1.75. The van der Waals surface area contributed by atoms with Crippen molar-refractivity contribution >= 4 is 0 Å². The molecule has 1 N–H and O–H groups in total. The molecule has 1 saturated carbocycles. The summed E-state index contributed by atoms with van der Waals surface area (Å²) in [7, 11) is 0. The van der Waals surface area contributed by atoms with E-state index in [0.29, 0.717) is 23.9 Å². The second kappa shape index (κ2) is 5.92. The Morgan fingerprint density at radius 3 is 2.67 bits per heavy atom. The molecule has 4 atom stereocenters. The zero-order valence-corrected chi connectivity index (χ0v) is 12.3. The summed E-state index contributed by atoms with van der Waals surface area (Å²) in [5, 5.41) is 11.1. The van der Waals surface area contributed by atoms with E-state index in [1.807, 2.05) is 0 Å².